The van der Waals surface area contributed by atoms with E-state index in [1.807, 2.05) is 13.8 Å². The molecular weight excluding hydrogens is 288 g/mol. The van der Waals surface area contributed by atoms with Crippen LogP contribution in [0, 0.1) is 0 Å². The summed E-state index contributed by atoms with van der Waals surface area (Å²) in [6.07, 6.45) is 3.47. The Balaban J connectivity index is 2.16. The van der Waals surface area contributed by atoms with Crippen molar-refractivity contribution >= 4 is 17.5 Å². The van der Waals surface area contributed by atoms with Crippen LogP contribution < -0.4 is 5.32 Å². The second kappa shape index (κ2) is 7.14. The molecule has 1 aliphatic heterocycles. The Labute approximate surface area is 131 Å². The van der Waals surface area contributed by atoms with Gasteiger partial charge in [0.1, 0.15) is 5.75 Å². The van der Waals surface area contributed by atoms with Gasteiger partial charge in [-0.05, 0) is 51.4 Å². The molecule has 1 aliphatic rings. The Morgan fingerprint density at radius 1 is 1.48 bits per heavy atom. The van der Waals surface area contributed by atoms with E-state index in [-0.39, 0.29) is 23.3 Å². The molecule has 1 heterocycles. The maximum atomic E-state index is 12.7. The van der Waals surface area contributed by atoms with Crippen LogP contribution in [0.15, 0.2) is 18.2 Å². The highest BCUT2D eigenvalue weighted by Crippen LogP contribution is 2.24. The number of hydrogen-bond donors (Lipinski definition) is 2. The zero-order chi connectivity index (χ0) is 15.4. The van der Waals surface area contributed by atoms with Crippen molar-refractivity contribution in [1.82, 2.24) is 10.2 Å². The summed E-state index contributed by atoms with van der Waals surface area (Å²) >= 11 is 5.94. The van der Waals surface area contributed by atoms with E-state index in [0.717, 1.165) is 13.0 Å². The van der Waals surface area contributed by atoms with Crippen molar-refractivity contribution in [2.24, 2.45) is 0 Å². The fourth-order valence-electron chi connectivity index (χ4n) is 2.68. The van der Waals surface area contributed by atoms with Crippen LogP contribution in [0.4, 0.5) is 0 Å². The third-order valence-corrected chi connectivity index (χ3v) is 4.14. The normalized spacial score (nSPS) is 18.8. The van der Waals surface area contributed by atoms with E-state index in [1.54, 1.807) is 11.0 Å². The van der Waals surface area contributed by atoms with Crippen LogP contribution in [-0.4, -0.2) is 41.1 Å². The summed E-state index contributed by atoms with van der Waals surface area (Å²) in [7, 11) is 0. The molecule has 0 aliphatic carbocycles. The number of aromatic hydroxyl groups is 1. The zero-order valence-electron chi connectivity index (χ0n) is 12.6. The SMILES string of the molecule is CC(C)N(CC1CCCCN1)C(=O)c1cc(Cl)ccc1O. The summed E-state index contributed by atoms with van der Waals surface area (Å²) in [5, 5.41) is 13.8. The number of phenols is 1. The van der Waals surface area contributed by atoms with Crippen LogP contribution in [0.3, 0.4) is 0 Å². The van der Waals surface area contributed by atoms with Gasteiger partial charge in [0.15, 0.2) is 0 Å². The summed E-state index contributed by atoms with van der Waals surface area (Å²) < 4.78 is 0. The molecule has 1 unspecified atom stereocenters. The van der Waals surface area contributed by atoms with Crippen molar-refractivity contribution in [1.29, 1.82) is 0 Å². The van der Waals surface area contributed by atoms with Crippen LogP contribution >= 0.6 is 11.6 Å². The lowest BCUT2D eigenvalue weighted by atomic mass is 10.0. The van der Waals surface area contributed by atoms with Gasteiger partial charge in [0, 0.05) is 23.7 Å². The lowest BCUT2D eigenvalue weighted by Crippen LogP contribution is -2.48. The third-order valence-electron chi connectivity index (χ3n) is 3.90. The van der Waals surface area contributed by atoms with E-state index in [4.69, 9.17) is 11.6 Å². The van der Waals surface area contributed by atoms with Crippen molar-refractivity contribution < 1.29 is 9.90 Å². The van der Waals surface area contributed by atoms with E-state index in [1.165, 1.54) is 25.0 Å². The first-order valence-corrected chi connectivity index (χ1v) is 7.89. The van der Waals surface area contributed by atoms with Gasteiger partial charge in [-0.2, -0.15) is 0 Å². The predicted molar refractivity (Wildman–Crippen MR) is 84.9 cm³/mol. The van der Waals surface area contributed by atoms with Gasteiger partial charge >= 0.3 is 0 Å². The van der Waals surface area contributed by atoms with Crippen molar-refractivity contribution in [2.75, 3.05) is 13.1 Å². The largest absolute Gasteiger partial charge is 0.507 e. The number of nitrogens with zero attached hydrogens (tertiary/aromatic N) is 1. The van der Waals surface area contributed by atoms with Gasteiger partial charge in [0.2, 0.25) is 0 Å². The highest BCUT2D eigenvalue weighted by Gasteiger charge is 2.25. The molecule has 1 saturated heterocycles. The first-order valence-electron chi connectivity index (χ1n) is 7.52. The average molecular weight is 311 g/mol. The van der Waals surface area contributed by atoms with Gasteiger partial charge in [-0.1, -0.05) is 18.0 Å². The minimum atomic E-state index is -0.169. The van der Waals surface area contributed by atoms with Gasteiger partial charge in [-0.25, -0.2) is 0 Å². The van der Waals surface area contributed by atoms with Crippen LogP contribution in [-0.2, 0) is 0 Å². The quantitative estimate of drug-likeness (QED) is 0.898. The zero-order valence-corrected chi connectivity index (χ0v) is 13.4. The summed E-state index contributed by atoms with van der Waals surface area (Å²) in [6, 6.07) is 4.97. The maximum Gasteiger partial charge on any atom is 0.257 e. The molecule has 4 nitrogen and oxygen atoms in total. The average Bonchev–Trinajstić information content (AvgIpc) is 2.47. The molecule has 116 valence electrons. The summed E-state index contributed by atoms with van der Waals surface area (Å²) in [4.78, 5) is 14.5. The van der Waals surface area contributed by atoms with Gasteiger partial charge < -0.3 is 15.3 Å². The minimum Gasteiger partial charge on any atom is -0.507 e. The fraction of sp³-hybridized carbons (Fsp3) is 0.562. The third kappa shape index (κ3) is 4.11. The first-order chi connectivity index (χ1) is 9.99. The first kappa shape index (κ1) is 16.1. The van der Waals surface area contributed by atoms with E-state index < -0.39 is 0 Å². The second-order valence-corrected chi connectivity index (χ2v) is 6.30. The smallest absolute Gasteiger partial charge is 0.257 e. The fourth-order valence-corrected chi connectivity index (χ4v) is 2.85. The summed E-state index contributed by atoms with van der Waals surface area (Å²) in [6.45, 7) is 5.64. The Morgan fingerprint density at radius 2 is 2.24 bits per heavy atom. The Morgan fingerprint density at radius 3 is 2.86 bits per heavy atom. The number of carbonyl (C=O) groups is 1. The Bertz CT molecular complexity index is 499. The van der Waals surface area contributed by atoms with Crippen molar-refractivity contribution in [3.05, 3.63) is 28.8 Å². The number of piperidine rings is 1. The van der Waals surface area contributed by atoms with Crippen LogP contribution in [0.2, 0.25) is 5.02 Å². The number of rotatable bonds is 4. The predicted octanol–water partition coefficient (Wildman–Crippen LogP) is 3.04. The summed E-state index contributed by atoms with van der Waals surface area (Å²) in [5.74, 6) is -0.191. The molecule has 0 spiro atoms. The van der Waals surface area contributed by atoms with E-state index in [0.29, 0.717) is 17.6 Å². The van der Waals surface area contributed by atoms with E-state index >= 15 is 0 Å². The van der Waals surface area contributed by atoms with E-state index in [9.17, 15) is 9.90 Å². The topological polar surface area (TPSA) is 52.6 Å². The van der Waals surface area contributed by atoms with Crippen molar-refractivity contribution in [2.45, 2.75) is 45.2 Å². The van der Waals surface area contributed by atoms with Crippen LogP contribution in [0.25, 0.3) is 0 Å². The molecule has 2 rings (SSSR count). The number of halogens is 1. The molecule has 1 aromatic carbocycles. The molecule has 0 bridgehead atoms. The molecule has 1 aromatic rings. The van der Waals surface area contributed by atoms with Gasteiger partial charge in [-0.3, -0.25) is 4.79 Å². The monoisotopic (exact) mass is 310 g/mol. The van der Waals surface area contributed by atoms with Crippen LogP contribution in [0.1, 0.15) is 43.5 Å². The maximum absolute atomic E-state index is 12.7. The molecular formula is C16H23ClN2O2. The molecule has 1 atom stereocenters. The van der Waals surface area contributed by atoms with Gasteiger partial charge in [0.25, 0.3) is 5.91 Å². The molecule has 1 amide bonds. The highest BCUT2D eigenvalue weighted by molar-refractivity contribution is 6.31. The molecule has 0 aromatic heterocycles. The molecule has 0 saturated carbocycles. The molecule has 5 heteroatoms. The molecule has 21 heavy (non-hydrogen) atoms. The number of hydrogen-bond acceptors (Lipinski definition) is 3. The molecule has 1 fully saturated rings. The van der Waals surface area contributed by atoms with Crippen LogP contribution in [0.5, 0.6) is 5.75 Å². The lowest BCUT2D eigenvalue weighted by Gasteiger charge is -2.33. The number of nitrogens with one attached hydrogen (secondary N) is 1. The second-order valence-electron chi connectivity index (χ2n) is 5.86. The minimum absolute atomic E-state index is 0.0216. The Hall–Kier alpha value is -1.26. The standard InChI is InChI=1S/C16H23ClN2O2/c1-11(2)19(10-13-5-3-4-8-18-13)16(21)14-9-12(17)6-7-15(14)20/h6-7,9,11,13,18,20H,3-5,8,10H2,1-2H3. The van der Waals surface area contributed by atoms with Gasteiger partial charge in [-0.15, -0.1) is 0 Å². The number of phenolic OH excluding ortho intramolecular Hbond substituents is 1. The lowest BCUT2D eigenvalue weighted by molar-refractivity contribution is 0.0674. The molecule has 2 N–H and O–H groups in total. The van der Waals surface area contributed by atoms with Crippen molar-refractivity contribution in [3.63, 3.8) is 0 Å². The number of benzene rings is 1. The molecule has 0 radical (unpaired) electrons. The van der Waals surface area contributed by atoms with Gasteiger partial charge in [0.05, 0.1) is 5.56 Å². The van der Waals surface area contributed by atoms with E-state index in [2.05, 4.69) is 5.32 Å². The number of amides is 1. The van der Waals surface area contributed by atoms with Crippen molar-refractivity contribution in [3.8, 4) is 5.75 Å². The highest BCUT2D eigenvalue weighted by atomic mass is 35.5. The summed E-state index contributed by atoms with van der Waals surface area (Å²) in [5.41, 5.74) is 0.270. The number of carbonyl (C=O) groups excluding carboxylic acids is 1. The Kier molecular flexibility index (Phi) is 5.48.